The van der Waals surface area contributed by atoms with Crippen LogP contribution >= 0.6 is 0 Å². The van der Waals surface area contributed by atoms with Crippen LogP contribution in [0.2, 0.25) is 0 Å². The van der Waals surface area contributed by atoms with Crippen molar-refractivity contribution in [1.29, 1.82) is 0 Å². The van der Waals surface area contributed by atoms with Crippen LogP contribution in [0, 0.1) is 0 Å². The van der Waals surface area contributed by atoms with Gasteiger partial charge in [-0.3, -0.25) is 0 Å². The molecule has 0 aliphatic heterocycles. The molecule has 4 heteroatoms. The van der Waals surface area contributed by atoms with Crippen molar-refractivity contribution in [3.05, 3.63) is 29.3 Å². The predicted octanol–water partition coefficient (Wildman–Crippen LogP) is 3.29. The molecule has 4 nitrogen and oxygen atoms in total. The summed E-state index contributed by atoms with van der Waals surface area (Å²) in [5.74, 6) is -0.368. The molecule has 0 bridgehead atoms. The summed E-state index contributed by atoms with van der Waals surface area (Å²) in [6.45, 7) is 2.55. The summed E-state index contributed by atoms with van der Waals surface area (Å²) in [4.78, 5) is 12.0. The first-order valence-corrected chi connectivity index (χ1v) is 7.38. The van der Waals surface area contributed by atoms with Crippen LogP contribution in [0.1, 0.15) is 54.9 Å². The number of rotatable bonds is 5. The molecule has 0 saturated heterocycles. The molecular weight excluding hydrogens is 254 g/mol. The highest BCUT2D eigenvalue weighted by Crippen LogP contribution is 2.24. The fourth-order valence-corrected chi connectivity index (χ4v) is 2.63. The van der Waals surface area contributed by atoms with Crippen LogP contribution in [-0.4, -0.2) is 18.7 Å². The van der Waals surface area contributed by atoms with Crippen LogP contribution in [0.4, 0.5) is 5.69 Å². The lowest BCUT2D eigenvalue weighted by Crippen LogP contribution is -2.18. The second kappa shape index (κ2) is 7.29. The number of esters is 1. The maximum atomic E-state index is 12.0. The van der Waals surface area contributed by atoms with Gasteiger partial charge in [-0.1, -0.05) is 31.4 Å². The third-order valence-electron chi connectivity index (χ3n) is 3.69. The van der Waals surface area contributed by atoms with Crippen molar-refractivity contribution < 1.29 is 14.3 Å². The third-order valence-corrected chi connectivity index (χ3v) is 3.69. The average Bonchev–Trinajstić information content (AvgIpc) is 2.46. The van der Waals surface area contributed by atoms with Crippen molar-refractivity contribution in [1.82, 2.24) is 0 Å². The minimum atomic E-state index is -0.368. The van der Waals surface area contributed by atoms with Crippen molar-refractivity contribution in [2.24, 2.45) is 0 Å². The van der Waals surface area contributed by atoms with E-state index in [1.54, 1.807) is 13.0 Å². The standard InChI is InChI=1S/C16H23NO3/c1-2-19-16(18)15-12(7-6-10-14(15)17)11-20-13-8-4-3-5-9-13/h6-7,10,13H,2-5,8-9,11,17H2,1H3. The Labute approximate surface area is 120 Å². The fourth-order valence-electron chi connectivity index (χ4n) is 2.63. The fraction of sp³-hybridized carbons (Fsp3) is 0.562. The van der Waals surface area contributed by atoms with Crippen molar-refractivity contribution in [2.75, 3.05) is 12.3 Å². The summed E-state index contributed by atoms with van der Waals surface area (Å²) in [5.41, 5.74) is 7.62. The van der Waals surface area contributed by atoms with Gasteiger partial charge in [0.05, 0.1) is 24.9 Å². The Hall–Kier alpha value is -1.55. The van der Waals surface area contributed by atoms with E-state index in [-0.39, 0.29) is 5.97 Å². The van der Waals surface area contributed by atoms with E-state index in [0.717, 1.165) is 18.4 Å². The molecule has 1 aliphatic rings. The molecule has 0 spiro atoms. The van der Waals surface area contributed by atoms with Gasteiger partial charge >= 0.3 is 5.97 Å². The van der Waals surface area contributed by atoms with E-state index in [2.05, 4.69) is 0 Å². The lowest BCUT2D eigenvalue weighted by molar-refractivity contribution is 0.0158. The molecule has 0 aromatic heterocycles. The molecule has 0 radical (unpaired) electrons. The van der Waals surface area contributed by atoms with Crippen LogP contribution in [0.5, 0.6) is 0 Å². The molecule has 2 N–H and O–H groups in total. The second-order valence-corrected chi connectivity index (χ2v) is 5.17. The van der Waals surface area contributed by atoms with Gasteiger partial charge in [0, 0.05) is 5.69 Å². The number of hydrogen-bond acceptors (Lipinski definition) is 4. The van der Waals surface area contributed by atoms with Gasteiger partial charge in [0.1, 0.15) is 0 Å². The van der Waals surface area contributed by atoms with E-state index < -0.39 is 0 Å². The molecule has 0 amide bonds. The number of carbonyl (C=O) groups is 1. The molecule has 1 aromatic carbocycles. The van der Waals surface area contributed by atoms with Crippen LogP contribution < -0.4 is 5.73 Å². The number of ether oxygens (including phenoxy) is 2. The van der Waals surface area contributed by atoms with Gasteiger partial charge in [0.15, 0.2) is 0 Å². The first-order chi connectivity index (χ1) is 9.72. The lowest BCUT2D eigenvalue weighted by Gasteiger charge is -2.22. The number of hydrogen-bond donors (Lipinski definition) is 1. The zero-order valence-electron chi connectivity index (χ0n) is 12.1. The Bertz CT molecular complexity index is 453. The molecular formula is C16H23NO3. The molecule has 0 unspecified atom stereocenters. The van der Waals surface area contributed by atoms with Crippen molar-refractivity contribution in [3.8, 4) is 0 Å². The van der Waals surface area contributed by atoms with Gasteiger partial charge in [-0.2, -0.15) is 0 Å². The Morgan fingerprint density at radius 1 is 1.30 bits per heavy atom. The Balaban J connectivity index is 2.06. The largest absolute Gasteiger partial charge is 0.462 e. The molecule has 1 saturated carbocycles. The summed E-state index contributed by atoms with van der Waals surface area (Å²) in [6.07, 6.45) is 6.28. The molecule has 1 fully saturated rings. The summed E-state index contributed by atoms with van der Waals surface area (Å²) in [5, 5.41) is 0. The maximum Gasteiger partial charge on any atom is 0.340 e. The molecule has 1 aromatic rings. The first kappa shape index (κ1) is 14.9. The minimum absolute atomic E-state index is 0.306. The minimum Gasteiger partial charge on any atom is -0.462 e. The zero-order chi connectivity index (χ0) is 14.4. The molecule has 20 heavy (non-hydrogen) atoms. The topological polar surface area (TPSA) is 61.5 Å². The highest BCUT2D eigenvalue weighted by molar-refractivity contribution is 5.96. The monoisotopic (exact) mass is 277 g/mol. The average molecular weight is 277 g/mol. The van der Waals surface area contributed by atoms with Crippen molar-refractivity contribution >= 4 is 11.7 Å². The second-order valence-electron chi connectivity index (χ2n) is 5.17. The van der Waals surface area contributed by atoms with Gasteiger partial charge in [-0.05, 0) is 31.4 Å². The molecule has 1 aliphatic carbocycles. The number of nitrogens with two attached hydrogens (primary N) is 1. The lowest BCUT2D eigenvalue weighted by atomic mass is 9.97. The summed E-state index contributed by atoms with van der Waals surface area (Å²) < 4.78 is 11.0. The highest BCUT2D eigenvalue weighted by Gasteiger charge is 2.18. The van der Waals surface area contributed by atoms with E-state index in [0.29, 0.717) is 30.6 Å². The molecule has 0 atom stereocenters. The highest BCUT2D eigenvalue weighted by atomic mass is 16.5. The SMILES string of the molecule is CCOC(=O)c1c(N)cccc1COC1CCCCC1. The van der Waals surface area contributed by atoms with Gasteiger partial charge in [0.25, 0.3) is 0 Å². The first-order valence-electron chi connectivity index (χ1n) is 7.38. The summed E-state index contributed by atoms with van der Waals surface area (Å²) in [7, 11) is 0. The van der Waals surface area contributed by atoms with Crippen LogP contribution in [-0.2, 0) is 16.1 Å². The summed E-state index contributed by atoms with van der Waals surface area (Å²) >= 11 is 0. The van der Waals surface area contributed by atoms with Gasteiger partial charge in [-0.15, -0.1) is 0 Å². The normalized spacial score (nSPS) is 16.1. The van der Waals surface area contributed by atoms with Gasteiger partial charge in [-0.25, -0.2) is 4.79 Å². The van der Waals surface area contributed by atoms with Crippen molar-refractivity contribution in [2.45, 2.75) is 51.7 Å². The van der Waals surface area contributed by atoms with Crippen LogP contribution in [0.3, 0.4) is 0 Å². The van der Waals surface area contributed by atoms with E-state index >= 15 is 0 Å². The number of nitrogen functional groups attached to an aromatic ring is 1. The number of anilines is 1. The van der Waals surface area contributed by atoms with Gasteiger partial charge in [0.2, 0.25) is 0 Å². The predicted molar refractivity (Wildman–Crippen MR) is 78.5 cm³/mol. The Kier molecular flexibility index (Phi) is 5.41. The van der Waals surface area contributed by atoms with Crippen molar-refractivity contribution in [3.63, 3.8) is 0 Å². The third kappa shape index (κ3) is 3.73. The number of carbonyl (C=O) groups excluding carboxylic acids is 1. The van der Waals surface area contributed by atoms with Crippen LogP contribution in [0.15, 0.2) is 18.2 Å². The number of benzene rings is 1. The van der Waals surface area contributed by atoms with Gasteiger partial charge < -0.3 is 15.2 Å². The van der Waals surface area contributed by atoms with E-state index in [1.165, 1.54) is 19.3 Å². The van der Waals surface area contributed by atoms with E-state index in [9.17, 15) is 4.79 Å². The molecule has 0 heterocycles. The smallest absolute Gasteiger partial charge is 0.340 e. The Morgan fingerprint density at radius 3 is 2.75 bits per heavy atom. The molecule has 110 valence electrons. The maximum absolute atomic E-state index is 12.0. The Morgan fingerprint density at radius 2 is 2.05 bits per heavy atom. The van der Waals surface area contributed by atoms with Crippen LogP contribution in [0.25, 0.3) is 0 Å². The quantitative estimate of drug-likeness (QED) is 0.662. The zero-order valence-corrected chi connectivity index (χ0v) is 12.1. The van der Waals surface area contributed by atoms with E-state index in [1.807, 2.05) is 12.1 Å². The summed E-state index contributed by atoms with van der Waals surface area (Å²) in [6, 6.07) is 5.44. The van der Waals surface area contributed by atoms with E-state index in [4.69, 9.17) is 15.2 Å². The molecule has 2 rings (SSSR count).